The lowest BCUT2D eigenvalue weighted by molar-refractivity contribution is -0.125. The third-order valence-electron chi connectivity index (χ3n) is 4.48. The molecule has 0 saturated carbocycles. The van der Waals surface area contributed by atoms with Gasteiger partial charge in [-0.2, -0.15) is 0 Å². The van der Waals surface area contributed by atoms with Crippen LogP contribution < -0.4 is 10.1 Å². The molecule has 0 aromatic heterocycles. The second-order valence-electron chi connectivity index (χ2n) is 6.73. The fraction of sp³-hybridized carbons (Fsp3) is 0.632. The van der Waals surface area contributed by atoms with Crippen molar-refractivity contribution in [2.45, 2.75) is 52.3 Å². The molecule has 1 heterocycles. The number of nitrogens with one attached hydrogen (secondary N) is 1. The summed E-state index contributed by atoms with van der Waals surface area (Å²) < 4.78 is 5.70. The largest absolute Gasteiger partial charge is 0.494 e. The van der Waals surface area contributed by atoms with Crippen LogP contribution in [0.4, 0.5) is 0 Å². The molecule has 1 saturated heterocycles. The van der Waals surface area contributed by atoms with Gasteiger partial charge in [0.15, 0.2) is 0 Å². The van der Waals surface area contributed by atoms with Crippen molar-refractivity contribution in [3.05, 3.63) is 29.8 Å². The van der Waals surface area contributed by atoms with Gasteiger partial charge >= 0.3 is 0 Å². The Bertz CT molecular complexity index is 533. The van der Waals surface area contributed by atoms with E-state index in [4.69, 9.17) is 4.74 Å². The molecule has 2 rings (SSSR count). The van der Waals surface area contributed by atoms with E-state index in [1.807, 2.05) is 39.0 Å². The third kappa shape index (κ3) is 5.21. The lowest BCUT2D eigenvalue weighted by Gasteiger charge is -2.23. The first kappa shape index (κ1) is 18.7. The first-order valence-electron chi connectivity index (χ1n) is 8.92. The van der Waals surface area contributed by atoms with Gasteiger partial charge in [0.25, 0.3) is 0 Å². The van der Waals surface area contributed by atoms with Gasteiger partial charge in [0.1, 0.15) is 5.75 Å². The molecular formula is C19H30N2O3. The molecule has 2 N–H and O–H groups in total. The molecule has 1 fully saturated rings. The summed E-state index contributed by atoms with van der Waals surface area (Å²) in [5.41, 5.74) is 1.17. The van der Waals surface area contributed by atoms with Crippen LogP contribution in [-0.2, 0) is 11.3 Å². The fourth-order valence-electron chi connectivity index (χ4n) is 2.99. The third-order valence-corrected chi connectivity index (χ3v) is 4.48. The van der Waals surface area contributed by atoms with Crippen LogP contribution in [0.15, 0.2) is 24.3 Å². The van der Waals surface area contributed by atoms with Crippen LogP contribution in [0.3, 0.4) is 0 Å². The van der Waals surface area contributed by atoms with E-state index < -0.39 is 6.10 Å². The Hall–Kier alpha value is -1.59. The summed E-state index contributed by atoms with van der Waals surface area (Å²) in [6.45, 7) is 8.84. The Kier molecular flexibility index (Phi) is 7.06. The van der Waals surface area contributed by atoms with E-state index in [1.54, 1.807) is 0 Å². The molecule has 0 spiro atoms. The van der Waals surface area contributed by atoms with Crippen molar-refractivity contribution in [3.63, 3.8) is 0 Å². The highest BCUT2D eigenvalue weighted by atomic mass is 16.5. The Balaban J connectivity index is 1.96. The van der Waals surface area contributed by atoms with Crippen LogP contribution in [0.2, 0.25) is 0 Å². The highest BCUT2D eigenvalue weighted by molar-refractivity contribution is 5.78. The number of ether oxygens (including phenoxy) is 1. The number of carbonyl (C=O) groups excluding carboxylic acids is 1. The predicted molar refractivity (Wildman–Crippen MR) is 94.9 cm³/mol. The van der Waals surface area contributed by atoms with Crippen molar-refractivity contribution < 1.29 is 14.6 Å². The van der Waals surface area contributed by atoms with Gasteiger partial charge in [-0.25, -0.2) is 0 Å². The lowest BCUT2D eigenvalue weighted by atomic mass is 10.1. The maximum absolute atomic E-state index is 11.9. The average molecular weight is 334 g/mol. The average Bonchev–Trinajstić information content (AvgIpc) is 2.72. The Morgan fingerprint density at radius 2 is 2.04 bits per heavy atom. The monoisotopic (exact) mass is 334 g/mol. The molecule has 24 heavy (non-hydrogen) atoms. The summed E-state index contributed by atoms with van der Waals surface area (Å²) >= 11 is 0. The molecule has 1 aromatic carbocycles. The minimum atomic E-state index is -0.486. The molecule has 1 aliphatic rings. The van der Waals surface area contributed by atoms with Crippen molar-refractivity contribution in [1.82, 2.24) is 10.2 Å². The van der Waals surface area contributed by atoms with Gasteiger partial charge in [-0.15, -0.1) is 0 Å². The number of rotatable bonds is 6. The first-order chi connectivity index (χ1) is 11.5. The molecule has 1 amide bonds. The minimum Gasteiger partial charge on any atom is -0.494 e. The van der Waals surface area contributed by atoms with Crippen molar-refractivity contribution >= 4 is 5.91 Å². The van der Waals surface area contributed by atoms with Gasteiger partial charge in [-0.1, -0.05) is 32.0 Å². The summed E-state index contributed by atoms with van der Waals surface area (Å²) in [6.07, 6.45) is 0.941. The predicted octanol–water partition coefficient (Wildman–Crippen LogP) is 2.18. The molecule has 0 radical (unpaired) electrons. The highest BCUT2D eigenvalue weighted by Gasteiger charge is 2.27. The number of hydrogen-bond acceptors (Lipinski definition) is 4. The van der Waals surface area contributed by atoms with Crippen LogP contribution in [0.1, 0.15) is 39.2 Å². The van der Waals surface area contributed by atoms with Gasteiger partial charge in [-0.05, 0) is 25.8 Å². The number of carbonyl (C=O) groups is 1. The molecule has 0 unspecified atom stereocenters. The van der Waals surface area contributed by atoms with E-state index in [0.717, 1.165) is 31.8 Å². The van der Waals surface area contributed by atoms with Crippen molar-refractivity contribution in [3.8, 4) is 5.75 Å². The summed E-state index contributed by atoms with van der Waals surface area (Å²) in [4.78, 5) is 14.2. The summed E-state index contributed by atoms with van der Waals surface area (Å²) in [6, 6.07) is 7.93. The zero-order valence-corrected chi connectivity index (χ0v) is 15.0. The first-order valence-corrected chi connectivity index (χ1v) is 8.92. The fourth-order valence-corrected chi connectivity index (χ4v) is 2.99. The molecule has 0 aliphatic carbocycles. The number of aliphatic hydroxyl groups is 1. The zero-order valence-electron chi connectivity index (χ0n) is 15.0. The molecule has 1 aliphatic heterocycles. The Morgan fingerprint density at radius 3 is 2.75 bits per heavy atom. The standard InChI is InChI=1S/C19H30N2O3/c1-4-24-18-8-6-5-7-15(18)13-21-11-9-16(17(22)10-12-21)20-19(23)14(2)3/h5-8,14,16-17,22H,4,9-13H2,1-3H3,(H,20,23)/t16-,17-/m0/s1. The maximum Gasteiger partial charge on any atom is 0.222 e. The normalized spacial score (nSPS) is 22.2. The lowest BCUT2D eigenvalue weighted by Crippen LogP contribution is -2.44. The second kappa shape index (κ2) is 9.04. The van der Waals surface area contributed by atoms with Crippen molar-refractivity contribution in [2.24, 2.45) is 5.92 Å². The molecule has 0 bridgehead atoms. The van der Waals surface area contributed by atoms with E-state index >= 15 is 0 Å². The van der Waals surface area contributed by atoms with Crippen LogP contribution in [0.25, 0.3) is 0 Å². The SMILES string of the molecule is CCOc1ccccc1CN1CC[C@H](NC(=O)C(C)C)[C@@H](O)CC1. The number of likely N-dealkylation sites (tertiary alicyclic amines) is 1. The van der Waals surface area contributed by atoms with Gasteiger partial charge in [0.2, 0.25) is 5.91 Å². The summed E-state index contributed by atoms with van der Waals surface area (Å²) in [5.74, 6) is 0.873. The molecule has 134 valence electrons. The Labute approximate surface area is 145 Å². The van der Waals surface area contributed by atoms with Crippen LogP contribution in [0, 0.1) is 5.92 Å². The van der Waals surface area contributed by atoms with Gasteiger partial charge in [0, 0.05) is 31.1 Å². The molecule has 5 nitrogen and oxygen atoms in total. The Morgan fingerprint density at radius 1 is 1.33 bits per heavy atom. The molecular weight excluding hydrogens is 304 g/mol. The molecule has 2 atom stereocenters. The molecule has 5 heteroatoms. The van der Waals surface area contributed by atoms with E-state index in [9.17, 15) is 9.90 Å². The number of aliphatic hydroxyl groups excluding tert-OH is 1. The number of benzene rings is 1. The summed E-state index contributed by atoms with van der Waals surface area (Å²) in [7, 11) is 0. The number of nitrogens with zero attached hydrogens (tertiary/aromatic N) is 1. The number of hydrogen-bond donors (Lipinski definition) is 2. The van der Waals surface area contributed by atoms with Gasteiger partial charge in [0.05, 0.1) is 18.8 Å². The van der Waals surface area contributed by atoms with Gasteiger partial charge in [-0.3, -0.25) is 9.69 Å². The minimum absolute atomic E-state index is 0.00851. The van der Waals surface area contributed by atoms with E-state index in [0.29, 0.717) is 13.0 Å². The number of para-hydroxylation sites is 1. The van der Waals surface area contributed by atoms with Gasteiger partial charge < -0.3 is 15.2 Å². The van der Waals surface area contributed by atoms with E-state index in [2.05, 4.69) is 16.3 Å². The summed E-state index contributed by atoms with van der Waals surface area (Å²) in [5, 5.41) is 13.3. The number of amides is 1. The topological polar surface area (TPSA) is 61.8 Å². The van der Waals surface area contributed by atoms with Crippen molar-refractivity contribution in [2.75, 3.05) is 19.7 Å². The highest BCUT2D eigenvalue weighted by Crippen LogP contribution is 2.22. The second-order valence-corrected chi connectivity index (χ2v) is 6.73. The quantitative estimate of drug-likeness (QED) is 0.837. The van der Waals surface area contributed by atoms with Crippen LogP contribution in [-0.4, -0.2) is 47.8 Å². The van der Waals surface area contributed by atoms with E-state index in [1.165, 1.54) is 5.56 Å². The maximum atomic E-state index is 11.9. The van der Waals surface area contributed by atoms with Crippen molar-refractivity contribution in [1.29, 1.82) is 0 Å². The van der Waals surface area contributed by atoms with Crippen LogP contribution >= 0.6 is 0 Å². The van der Waals surface area contributed by atoms with E-state index in [-0.39, 0.29) is 17.9 Å². The zero-order chi connectivity index (χ0) is 17.5. The molecule has 1 aromatic rings. The van der Waals surface area contributed by atoms with Crippen LogP contribution in [0.5, 0.6) is 5.75 Å². The smallest absolute Gasteiger partial charge is 0.222 e.